The Morgan fingerprint density at radius 2 is 1.70 bits per heavy atom. The fraction of sp³-hybridized carbons (Fsp3) is 0.370. The maximum Gasteiger partial charge on any atom is 0.416 e. The number of benzene rings is 2. The fourth-order valence-corrected chi connectivity index (χ4v) is 4.62. The number of urea groups is 1. The van der Waals surface area contributed by atoms with Gasteiger partial charge in [0, 0.05) is 24.2 Å². The molecule has 13 heteroatoms. The zero-order chi connectivity index (χ0) is 28.9. The van der Waals surface area contributed by atoms with E-state index in [0.29, 0.717) is 25.7 Å². The molecule has 1 heterocycles. The first-order valence-corrected chi connectivity index (χ1v) is 12.6. The van der Waals surface area contributed by atoms with Crippen molar-refractivity contribution in [1.29, 1.82) is 0 Å². The zero-order valence-corrected chi connectivity index (χ0v) is 21.9. The number of ether oxygens (including phenoxy) is 1. The molecule has 0 radical (unpaired) electrons. The Bertz CT molecular complexity index is 1380. The van der Waals surface area contributed by atoms with Crippen LogP contribution >= 0.6 is 0 Å². The molecule has 3 N–H and O–H groups in total. The van der Waals surface area contributed by atoms with Crippen LogP contribution in [-0.2, 0) is 26.9 Å². The van der Waals surface area contributed by atoms with Crippen molar-refractivity contribution in [2.75, 3.05) is 23.1 Å². The number of aromatic nitrogens is 2. The maximum atomic E-state index is 13.5. The summed E-state index contributed by atoms with van der Waals surface area (Å²) in [5.41, 5.74) is 0.265. The first-order chi connectivity index (χ1) is 19.0. The second-order valence-corrected chi connectivity index (χ2v) is 9.60. The number of aryl methyl sites for hydroxylation is 1. The molecule has 4 rings (SSSR count). The number of amides is 3. The van der Waals surface area contributed by atoms with Crippen LogP contribution in [0.15, 0.2) is 53.2 Å². The molecule has 1 aliphatic rings. The number of methoxy groups -OCH3 is 1. The molecule has 1 aliphatic carbocycles. The van der Waals surface area contributed by atoms with E-state index in [1.165, 1.54) is 24.1 Å². The summed E-state index contributed by atoms with van der Waals surface area (Å²) in [5, 5.41) is 11.1. The Kier molecular flexibility index (Phi) is 8.70. The minimum Gasteiger partial charge on any atom is -0.469 e. The van der Waals surface area contributed by atoms with Gasteiger partial charge in [-0.1, -0.05) is 24.3 Å². The summed E-state index contributed by atoms with van der Waals surface area (Å²) in [5.74, 6) is -0.935. The molecule has 0 saturated heterocycles. The van der Waals surface area contributed by atoms with Crippen molar-refractivity contribution in [2.45, 2.75) is 51.2 Å². The average molecular weight is 561 g/mol. The van der Waals surface area contributed by atoms with Crippen LogP contribution in [-0.4, -0.2) is 30.3 Å². The summed E-state index contributed by atoms with van der Waals surface area (Å²) in [6.45, 7) is 1.83. The minimum atomic E-state index is -4.72. The summed E-state index contributed by atoms with van der Waals surface area (Å²) in [7, 11) is 1.35. The van der Waals surface area contributed by atoms with Gasteiger partial charge in [-0.3, -0.25) is 19.4 Å². The summed E-state index contributed by atoms with van der Waals surface area (Å²) in [6.07, 6.45) is -0.711. The smallest absolute Gasteiger partial charge is 0.416 e. The van der Waals surface area contributed by atoms with Gasteiger partial charge in [0.15, 0.2) is 6.04 Å². The van der Waals surface area contributed by atoms with Gasteiger partial charge in [0.25, 0.3) is 6.20 Å². The van der Waals surface area contributed by atoms with Gasteiger partial charge in [-0.2, -0.15) is 13.2 Å². The standard InChI is InChI=1S/C27H28F3N5O5/c1-16-5-3-4-6-18(16)11-23(36)31-20-12-19(27(28,29)30)13-21(14-20)32-26(38)33-24-15-35(34-40-24)22-9-7-17(8-10-22)25(37)39-2/h3-6,12-15,17,22H,7-11H2,1-2H3,(H2-,31,32,33,34,36,38)/p+1. The number of alkyl halides is 3. The number of hydrogen-bond donors (Lipinski definition) is 3. The van der Waals surface area contributed by atoms with Crippen molar-refractivity contribution in [3.63, 3.8) is 0 Å². The van der Waals surface area contributed by atoms with E-state index >= 15 is 0 Å². The highest BCUT2D eigenvalue weighted by atomic mass is 19.4. The van der Waals surface area contributed by atoms with Crippen molar-refractivity contribution in [3.8, 4) is 0 Å². The predicted octanol–water partition coefficient (Wildman–Crippen LogP) is 5.02. The number of carbonyl (C=O) groups excluding carboxylic acids is 3. The number of nitrogens with zero attached hydrogens (tertiary/aromatic N) is 2. The van der Waals surface area contributed by atoms with Crippen LogP contribution in [0.3, 0.4) is 0 Å². The molecular weight excluding hydrogens is 531 g/mol. The Balaban J connectivity index is 1.40. The molecule has 0 atom stereocenters. The average Bonchev–Trinajstić information content (AvgIpc) is 3.37. The molecule has 0 spiro atoms. The Morgan fingerprint density at radius 3 is 2.35 bits per heavy atom. The molecule has 212 valence electrons. The Labute approximate surface area is 227 Å². The van der Waals surface area contributed by atoms with Gasteiger partial charge in [-0.05, 0) is 53.8 Å². The second-order valence-electron chi connectivity index (χ2n) is 9.60. The quantitative estimate of drug-likeness (QED) is 0.275. The summed E-state index contributed by atoms with van der Waals surface area (Å²) >= 11 is 0. The summed E-state index contributed by atoms with van der Waals surface area (Å²) in [4.78, 5) is 36.8. The molecule has 0 aliphatic heterocycles. The van der Waals surface area contributed by atoms with Crippen molar-refractivity contribution in [3.05, 3.63) is 65.4 Å². The molecule has 3 amide bonds. The van der Waals surface area contributed by atoms with Crippen molar-refractivity contribution in [1.82, 2.24) is 5.27 Å². The third-order valence-electron chi connectivity index (χ3n) is 6.74. The minimum absolute atomic E-state index is 0.0219. The normalized spacial score (nSPS) is 17.1. The monoisotopic (exact) mass is 560 g/mol. The first-order valence-electron chi connectivity index (χ1n) is 12.6. The second kappa shape index (κ2) is 12.2. The third-order valence-corrected chi connectivity index (χ3v) is 6.74. The van der Waals surface area contributed by atoms with E-state index in [1.807, 2.05) is 19.1 Å². The number of rotatable bonds is 7. The van der Waals surface area contributed by atoms with Gasteiger partial charge >= 0.3 is 24.1 Å². The van der Waals surface area contributed by atoms with Crippen LogP contribution in [0.4, 0.5) is 35.2 Å². The third kappa shape index (κ3) is 7.36. The predicted molar refractivity (Wildman–Crippen MR) is 137 cm³/mol. The first kappa shape index (κ1) is 28.6. The van der Waals surface area contributed by atoms with Crippen LogP contribution in [0.25, 0.3) is 0 Å². The fourth-order valence-electron chi connectivity index (χ4n) is 4.62. The van der Waals surface area contributed by atoms with Crippen molar-refractivity contribution >= 4 is 35.2 Å². The zero-order valence-electron chi connectivity index (χ0n) is 21.9. The molecule has 1 aromatic heterocycles. The van der Waals surface area contributed by atoms with Crippen LogP contribution in [0.2, 0.25) is 0 Å². The molecule has 0 unspecified atom stereocenters. The van der Waals surface area contributed by atoms with E-state index in [0.717, 1.165) is 23.3 Å². The molecule has 40 heavy (non-hydrogen) atoms. The number of esters is 1. The molecule has 2 aromatic carbocycles. The number of hydrogen-bond acceptors (Lipinski definition) is 6. The van der Waals surface area contributed by atoms with E-state index in [4.69, 9.17) is 9.26 Å². The van der Waals surface area contributed by atoms with E-state index < -0.39 is 23.7 Å². The molecule has 3 aromatic rings. The molecule has 0 bridgehead atoms. The molecule has 1 saturated carbocycles. The highest BCUT2D eigenvalue weighted by molar-refractivity contribution is 6.00. The van der Waals surface area contributed by atoms with Gasteiger partial charge in [0.05, 0.1) is 25.0 Å². The van der Waals surface area contributed by atoms with Crippen LogP contribution in [0, 0.1) is 12.8 Å². The largest absolute Gasteiger partial charge is 0.469 e. The van der Waals surface area contributed by atoms with E-state index in [-0.39, 0.29) is 41.6 Å². The maximum absolute atomic E-state index is 13.5. The highest BCUT2D eigenvalue weighted by Crippen LogP contribution is 2.34. The van der Waals surface area contributed by atoms with Crippen LogP contribution in [0.1, 0.15) is 48.4 Å². The number of halogens is 3. The van der Waals surface area contributed by atoms with Gasteiger partial charge in [-0.15, -0.1) is 0 Å². The van der Waals surface area contributed by atoms with Gasteiger partial charge in [0.1, 0.15) is 0 Å². The van der Waals surface area contributed by atoms with Gasteiger partial charge < -0.3 is 15.4 Å². The SMILES string of the molecule is COC(=O)C1CCC([n+]2cc(NC(=O)Nc3cc(NC(=O)Cc4ccccc4C)cc(C(F)(F)F)c3)on2)CC1. The van der Waals surface area contributed by atoms with Crippen molar-refractivity contribution < 1.29 is 41.5 Å². The van der Waals surface area contributed by atoms with Crippen LogP contribution < -0.4 is 20.6 Å². The molecule has 1 fully saturated rings. The van der Waals surface area contributed by atoms with Crippen molar-refractivity contribution in [2.24, 2.45) is 5.92 Å². The topological polar surface area (TPSA) is 126 Å². The number of anilines is 3. The Hall–Kier alpha value is -4.42. The van der Waals surface area contributed by atoms with Crippen LogP contribution in [0.5, 0.6) is 0 Å². The van der Waals surface area contributed by atoms with E-state index in [1.54, 1.807) is 12.1 Å². The van der Waals surface area contributed by atoms with Gasteiger partial charge in [-0.25, -0.2) is 4.79 Å². The Morgan fingerprint density at radius 1 is 1.02 bits per heavy atom. The summed E-state index contributed by atoms with van der Waals surface area (Å²) in [6, 6.07) is 9.06. The lowest BCUT2D eigenvalue weighted by atomic mass is 9.86. The van der Waals surface area contributed by atoms with E-state index in [2.05, 4.69) is 21.2 Å². The van der Waals surface area contributed by atoms with Gasteiger partial charge in [0.2, 0.25) is 11.2 Å². The molecular formula is C27H29F3N5O5+. The lowest BCUT2D eigenvalue weighted by molar-refractivity contribution is -0.787. The number of nitrogens with one attached hydrogen (secondary N) is 3. The lowest BCUT2D eigenvalue weighted by Crippen LogP contribution is -2.43. The number of carbonyl (C=O) groups is 3. The lowest BCUT2D eigenvalue weighted by Gasteiger charge is -2.21. The molecule has 10 nitrogen and oxygen atoms in total. The highest BCUT2D eigenvalue weighted by Gasteiger charge is 2.34. The van der Waals surface area contributed by atoms with E-state index in [9.17, 15) is 27.6 Å². The summed E-state index contributed by atoms with van der Waals surface area (Å²) < 4.78 is 52.1.